The zero-order valence-electron chi connectivity index (χ0n) is 9.60. The summed E-state index contributed by atoms with van der Waals surface area (Å²) in [5.74, 6) is -0.820. The van der Waals surface area contributed by atoms with Crippen LogP contribution in [0.25, 0.3) is 0 Å². The van der Waals surface area contributed by atoms with Gasteiger partial charge >= 0.3 is 10.2 Å². The van der Waals surface area contributed by atoms with Gasteiger partial charge in [-0.2, -0.15) is 12.7 Å². The van der Waals surface area contributed by atoms with Crippen molar-refractivity contribution in [3.63, 3.8) is 0 Å². The van der Waals surface area contributed by atoms with E-state index in [1.807, 2.05) is 0 Å². The molecule has 1 saturated heterocycles. The van der Waals surface area contributed by atoms with Crippen LogP contribution in [-0.4, -0.2) is 45.4 Å². The molecule has 1 aliphatic heterocycles. The SMILES string of the molecule is CC1CCN(S(=O)(=O)[NH+](C)CC(=O)[O-])CC1. The van der Waals surface area contributed by atoms with Gasteiger partial charge in [0.05, 0.1) is 13.0 Å². The third-order valence-corrected chi connectivity index (χ3v) is 4.99. The largest absolute Gasteiger partial charge is 0.544 e. The van der Waals surface area contributed by atoms with Crippen molar-refractivity contribution in [1.29, 1.82) is 0 Å². The molecular formula is C9H18N2O4S. The van der Waals surface area contributed by atoms with Crippen LogP contribution in [0.3, 0.4) is 0 Å². The lowest BCUT2D eigenvalue weighted by Gasteiger charge is -2.30. The molecule has 16 heavy (non-hydrogen) atoms. The van der Waals surface area contributed by atoms with Crippen molar-refractivity contribution < 1.29 is 22.6 Å². The maximum absolute atomic E-state index is 11.9. The Balaban J connectivity index is 2.66. The summed E-state index contributed by atoms with van der Waals surface area (Å²) in [5, 5.41) is 10.4. The molecular weight excluding hydrogens is 232 g/mol. The van der Waals surface area contributed by atoms with E-state index >= 15 is 0 Å². The molecule has 94 valence electrons. The molecule has 0 spiro atoms. The van der Waals surface area contributed by atoms with Crippen molar-refractivity contribution in [2.75, 3.05) is 26.7 Å². The van der Waals surface area contributed by atoms with Crippen molar-refractivity contribution >= 4 is 16.2 Å². The summed E-state index contributed by atoms with van der Waals surface area (Å²) in [4.78, 5) is 10.4. The van der Waals surface area contributed by atoms with Gasteiger partial charge in [0.1, 0.15) is 6.54 Å². The summed E-state index contributed by atoms with van der Waals surface area (Å²) in [6, 6.07) is 0. The Morgan fingerprint density at radius 1 is 1.44 bits per heavy atom. The van der Waals surface area contributed by atoms with Crippen LogP contribution in [0.2, 0.25) is 0 Å². The minimum Gasteiger partial charge on any atom is -0.544 e. The number of nitrogens with one attached hydrogen (secondary N) is 1. The van der Waals surface area contributed by atoms with Crippen molar-refractivity contribution in [2.24, 2.45) is 5.92 Å². The fourth-order valence-electron chi connectivity index (χ4n) is 1.74. The first-order chi connectivity index (χ1) is 7.34. The van der Waals surface area contributed by atoms with E-state index in [9.17, 15) is 18.3 Å². The van der Waals surface area contributed by atoms with E-state index in [0.29, 0.717) is 19.0 Å². The van der Waals surface area contributed by atoms with Crippen LogP contribution in [0.5, 0.6) is 0 Å². The average molecular weight is 250 g/mol. The molecule has 0 radical (unpaired) electrons. The van der Waals surface area contributed by atoms with Gasteiger partial charge < -0.3 is 9.90 Å². The Morgan fingerprint density at radius 2 is 1.94 bits per heavy atom. The molecule has 0 bridgehead atoms. The van der Waals surface area contributed by atoms with E-state index in [2.05, 4.69) is 6.92 Å². The van der Waals surface area contributed by atoms with E-state index in [1.54, 1.807) is 0 Å². The van der Waals surface area contributed by atoms with E-state index in [-0.39, 0.29) is 4.31 Å². The average Bonchev–Trinajstić information content (AvgIpc) is 2.17. The lowest BCUT2D eigenvalue weighted by Crippen LogP contribution is -3.13. The summed E-state index contributed by atoms with van der Waals surface area (Å²) >= 11 is 0. The van der Waals surface area contributed by atoms with Crippen LogP contribution in [-0.2, 0) is 15.0 Å². The summed E-state index contributed by atoms with van der Waals surface area (Å²) in [5.41, 5.74) is 0. The number of rotatable bonds is 4. The molecule has 1 unspecified atom stereocenters. The second kappa shape index (κ2) is 5.11. The zero-order valence-corrected chi connectivity index (χ0v) is 10.4. The van der Waals surface area contributed by atoms with Crippen LogP contribution < -0.4 is 9.41 Å². The monoisotopic (exact) mass is 250 g/mol. The van der Waals surface area contributed by atoms with Crippen LogP contribution >= 0.6 is 0 Å². The summed E-state index contributed by atoms with van der Waals surface area (Å²) in [7, 11) is -2.21. The van der Waals surface area contributed by atoms with Gasteiger partial charge in [-0.1, -0.05) is 6.92 Å². The number of carboxylic acids is 1. The quantitative estimate of drug-likeness (QED) is 0.585. The Hall–Kier alpha value is -0.660. The third-order valence-electron chi connectivity index (χ3n) is 2.92. The van der Waals surface area contributed by atoms with Crippen molar-refractivity contribution in [2.45, 2.75) is 19.8 Å². The molecule has 6 nitrogen and oxygen atoms in total. The number of quaternary nitrogens is 1. The van der Waals surface area contributed by atoms with Gasteiger partial charge in [-0.3, -0.25) is 0 Å². The van der Waals surface area contributed by atoms with Crippen LogP contribution in [0.15, 0.2) is 0 Å². The molecule has 0 aromatic rings. The van der Waals surface area contributed by atoms with Crippen molar-refractivity contribution in [1.82, 2.24) is 4.31 Å². The fraction of sp³-hybridized carbons (Fsp3) is 0.889. The number of carbonyl (C=O) groups excluding carboxylic acids is 1. The topological polar surface area (TPSA) is 82.0 Å². The number of piperidine rings is 1. The number of likely N-dealkylation sites (N-methyl/N-ethyl adjacent to an activating group) is 1. The molecule has 0 aromatic carbocycles. The van der Waals surface area contributed by atoms with Crippen LogP contribution in [0, 0.1) is 5.92 Å². The summed E-state index contributed by atoms with van der Waals surface area (Å²) in [6.45, 7) is 2.53. The normalized spacial score (nSPS) is 21.9. The number of nitrogens with zero attached hydrogens (tertiary/aromatic N) is 1. The van der Waals surface area contributed by atoms with E-state index in [1.165, 1.54) is 11.4 Å². The number of hydrogen-bond donors (Lipinski definition) is 1. The third kappa shape index (κ3) is 3.16. The van der Waals surface area contributed by atoms with E-state index < -0.39 is 22.7 Å². The predicted molar refractivity (Wildman–Crippen MR) is 55.7 cm³/mol. The molecule has 0 aromatic heterocycles. The maximum Gasteiger partial charge on any atom is 0.371 e. The minimum atomic E-state index is -3.55. The summed E-state index contributed by atoms with van der Waals surface area (Å²) in [6.07, 6.45) is 1.66. The second-order valence-corrected chi connectivity index (χ2v) is 6.50. The van der Waals surface area contributed by atoms with Crippen molar-refractivity contribution in [3.8, 4) is 0 Å². The Bertz CT molecular complexity index is 347. The maximum atomic E-state index is 11.9. The van der Waals surface area contributed by atoms with Gasteiger partial charge in [-0.25, -0.2) is 4.31 Å². The van der Waals surface area contributed by atoms with E-state index in [4.69, 9.17) is 0 Å². The standard InChI is InChI=1S/C9H18N2O4S/c1-8-3-5-11(6-4-8)16(14,15)10(2)7-9(12)13/h8H,3-7H2,1-2H3,(H,12,13). The predicted octanol–water partition coefficient (Wildman–Crippen LogP) is -2.77. The molecule has 1 heterocycles. The van der Waals surface area contributed by atoms with Gasteiger partial charge in [-0.15, -0.1) is 0 Å². The zero-order chi connectivity index (χ0) is 12.3. The van der Waals surface area contributed by atoms with E-state index in [0.717, 1.165) is 12.8 Å². The van der Waals surface area contributed by atoms with Crippen LogP contribution in [0.4, 0.5) is 0 Å². The van der Waals surface area contributed by atoms with Gasteiger partial charge in [0.15, 0.2) is 0 Å². The summed E-state index contributed by atoms with van der Waals surface area (Å²) < 4.78 is 25.2. The second-order valence-electron chi connectivity index (χ2n) is 4.34. The molecule has 1 atom stereocenters. The lowest BCUT2D eigenvalue weighted by molar-refractivity contribution is -0.740. The Kier molecular flexibility index (Phi) is 4.28. The number of hydrogen-bond acceptors (Lipinski definition) is 4. The molecule has 1 aliphatic rings. The highest BCUT2D eigenvalue weighted by Gasteiger charge is 2.32. The number of carbonyl (C=O) groups is 1. The molecule has 1 fully saturated rings. The highest BCUT2D eigenvalue weighted by Crippen LogP contribution is 2.16. The molecule has 1 rings (SSSR count). The molecule has 0 amide bonds. The lowest BCUT2D eigenvalue weighted by atomic mass is 10.0. The highest BCUT2D eigenvalue weighted by molar-refractivity contribution is 7.82. The van der Waals surface area contributed by atoms with Gasteiger partial charge in [0, 0.05) is 13.1 Å². The van der Waals surface area contributed by atoms with Gasteiger partial charge in [0.25, 0.3) is 0 Å². The highest BCUT2D eigenvalue weighted by atomic mass is 32.2. The fourth-order valence-corrected chi connectivity index (χ4v) is 3.17. The molecule has 1 N–H and O–H groups in total. The molecule has 0 aliphatic carbocycles. The van der Waals surface area contributed by atoms with Crippen LogP contribution in [0.1, 0.15) is 19.8 Å². The number of aliphatic carboxylic acids is 1. The smallest absolute Gasteiger partial charge is 0.371 e. The van der Waals surface area contributed by atoms with Gasteiger partial charge in [0.2, 0.25) is 0 Å². The van der Waals surface area contributed by atoms with Gasteiger partial charge in [-0.05, 0) is 18.8 Å². The first kappa shape index (κ1) is 13.4. The van der Waals surface area contributed by atoms with Crippen molar-refractivity contribution in [3.05, 3.63) is 0 Å². The number of carboxylic acid groups (broad SMARTS) is 1. The first-order valence-corrected chi connectivity index (χ1v) is 6.80. The molecule has 7 heteroatoms. The first-order valence-electron chi connectivity index (χ1n) is 5.36. The Morgan fingerprint density at radius 3 is 2.38 bits per heavy atom. The molecule has 0 saturated carbocycles. The Labute approximate surface area is 96.0 Å². The minimum absolute atomic E-state index is 0.0398.